The summed E-state index contributed by atoms with van der Waals surface area (Å²) < 4.78 is 0. The van der Waals surface area contributed by atoms with Crippen LogP contribution in [0, 0.1) is 12.8 Å². The lowest BCUT2D eigenvalue weighted by atomic mass is 10.0. The highest BCUT2D eigenvalue weighted by Crippen LogP contribution is 2.04. The van der Waals surface area contributed by atoms with E-state index in [2.05, 4.69) is 20.6 Å². The van der Waals surface area contributed by atoms with Crippen LogP contribution in [-0.4, -0.2) is 27.8 Å². The van der Waals surface area contributed by atoms with Gasteiger partial charge in [-0.15, -0.1) is 0 Å². The number of H-pyrrole nitrogens is 1. The second-order valence-corrected chi connectivity index (χ2v) is 4.61. The van der Waals surface area contributed by atoms with Gasteiger partial charge in [-0.05, 0) is 12.8 Å². The van der Waals surface area contributed by atoms with Crippen LogP contribution >= 0.6 is 0 Å². The number of nitrogens with one attached hydrogen (secondary N) is 3. The molecule has 0 radical (unpaired) electrons. The zero-order valence-corrected chi connectivity index (χ0v) is 11.2. The Balaban J connectivity index is 2.57. The Bertz CT molecular complexity index is 425. The van der Waals surface area contributed by atoms with Crippen molar-refractivity contribution in [2.75, 3.05) is 0 Å². The molecule has 18 heavy (non-hydrogen) atoms. The molecule has 0 saturated heterocycles. The molecule has 100 valence electrons. The molecular formula is C12H20N4O2. The Hall–Kier alpha value is -1.85. The van der Waals surface area contributed by atoms with Gasteiger partial charge in [0.25, 0.3) is 0 Å². The molecule has 0 fully saturated rings. The lowest BCUT2D eigenvalue weighted by Crippen LogP contribution is -2.48. The van der Waals surface area contributed by atoms with E-state index in [4.69, 9.17) is 0 Å². The Morgan fingerprint density at radius 3 is 2.56 bits per heavy atom. The molecule has 1 aromatic heterocycles. The van der Waals surface area contributed by atoms with Gasteiger partial charge < -0.3 is 15.6 Å². The Morgan fingerprint density at radius 1 is 1.44 bits per heavy atom. The van der Waals surface area contributed by atoms with E-state index in [1.807, 2.05) is 20.8 Å². The number of aromatic nitrogens is 2. The quantitative estimate of drug-likeness (QED) is 0.713. The average molecular weight is 252 g/mol. The van der Waals surface area contributed by atoms with E-state index in [9.17, 15) is 9.59 Å². The summed E-state index contributed by atoms with van der Waals surface area (Å²) in [5, 5.41) is 5.42. The van der Waals surface area contributed by atoms with Gasteiger partial charge in [0.2, 0.25) is 11.8 Å². The maximum atomic E-state index is 12.0. The maximum absolute atomic E-state index is 12.0. The molecule has 0 aliphatic carbocycles. The molecule has 0 aliphatic heterocycles. The predicted molar refractivity (Wildman–Crippen MR) is 67.6 cm³/mol. The fourth-order valence-electron chi connectivity index (χ4n) is 1.60. The molecule has 1 rings (SSSR count). The first-order valence-electron chi connectivity index (χ1n) is 5.95. The first-order valence-corrected chi connectivity index (χ1v) is 5.95. The van der Waals surface area contributed by atoms with Gasteiger partial charge in [0.05, 0.1) is 18.6 Å². The summed E-state index contributed by atoms with van der Waals surface area (Å²) in [5.41, 5.74) is 1.73. The van der Waals surface area contributed by atoms with Crippen molar-refractivity contribution in [3.63, 3.8) is 0 Å². The average Bonchev–Trinajstić information content (AvgIpc) is 2.68. The standard InChI is InChI=1S/C12H20N4O2/c1-7(2)11(16-9(4)17)12(18)13-5-10-8(3)14-6-15-10/h6-7,11H,5H2,1-4H3,(H,13,18)(H,14,15)(H,16,17). The summed E-state index contributed by atoms with van der Waals surface area (Å²) in [6.45, 7) is 7.43. The summed E-state index contributed by atoms with van der Waals surface area (Å²) in [6, 6.07) is -0.512. The van der Waals surface area contributed by atoms with Crippen molar-refractivity contribution in [3.05, 3.63) is 17.7 Å². The van der Waals surface area contributed by atoms with Crippen LogP contribution in [0.2, 0.25) is 0 Å². The molecule has 1 unspecified atom stereocenters. The van der Waals surface area contributed by atoms with Gasteiger partial charge in [0.1, 0.15) is 6.04 Å². The van der Waals surface area contributed by atoms with Gasteiger partial charge in [-0.2, -0.15) is 0 Å². The van der Waals surface area contributed by atoms with Crippen LogP contribution in [0.4, 0.5) is 0 Å². The second-order valence-electron chi connectivity index (χ2n) is 4.61. The Labute approximate surface area is 107 Å². The fourth-order valence-corrected chi connectivity index (χ4v) is 1.60. The fraction of sp³-hybridized carbons (Fsp3) is 0.583. The van der Waals surface area contributed by atoms with Crippen molar-refractivity contribution in [2.45, 2.75) is 40.3 Å². The number of imidazole rings is 1. The number of aryl methyl sites for hydroxylation is 1. The molecular weight excluding hydrogens is 232 g/mol. The third-order valence-corrected chi connectivity index (χ3v) is 2.67. The SMILES string of the molecule is CC(=O)NC(C(=O)NCc1nc[nH]c1C)C(C)C. The lowest BCUT2D eigenvalue weighted by Gasteiger charge is -2.20. The van der Waals surface area contributed by atoms with Crippen molar-refractivity contribution in [2.24, 2.45) is 5.92 Å². The van der Waals surface area contributed by atoms with E-state index in [0.29, 0.717) is 6.54 Å². The van der Waals surface area contributed by atoms with Crippen LogP contribution in [0.25, 0.3) is 0 Å². The zero-order valence-electron chi connectivity index (χ0n) is 11.2. The van der Waals surface area contributed by atoms with Gasteiger partial charge >= 0.3 is 0 Å². The summed E-state index contributed by atoms with van der Waals surface area (Å²) >= 11 is 0. The largest absolute Gasteiger partial charge is 0.349 e. The highest BCUT2D eigenvalue weighted by atomic mass is 16.2. The summed E-state index contributed by atoms with van der Waals surface area (Å²) in [7, 11) is 0. The van der Waals surface area contributed by atoms with Crippen LogP contribution in [-0.2, 0) is 16.1 Å². The molecule has 0 aliphatic rings. The van der Waals surface area contributed by atoms with Crippen molar-refractivity contribution in [3.8, 4) is 0 Å². The number of aromatic amines is 1. The third kappa shape index (κ3) is 3.87. The molecule has 1 aromatic rings. The second kappa shape index (κ2) is 6.18. The van der Waals surface area contributed by atoms with E-state index in [1.54, 1.807) is 6.33 Å². The summed E-state index contributed by atoms with van der Waals surface area (Å²) in [4.78, 5) is 30.0. The van der Waals surface area contributed by atoms with Crippen molar-refractivity contribution in [1.82, 2.24) is 20.6 Å². The molecule has 1 heterocycles. The number of rotatable bonds is 5. The van der Waals surface area contributed by atoms with Crippen LogP contribution < -0.4 is 10.6 Å². The third-order valence-electron chi connectivity index (χ3n) is 2.67. The molecule has 3 N–H and O–H groups in total. The van der Waals surface area contributed by atoms with E-state index < -0.39 is 6.04 Å². The first kappa shape index (κ1) is 14.2. The van der Waals surface area contributed by atoms with E-state index in [-0.39, 0.29) is 17.7 Å². The minimum Gasteiger partial charge on any atom is -0.349 e. The van der Waals surface area contributed by atoms with Gasteiger partial charge in [0.15, 0.2) is 0 Å². The smallest absolute Gasteiger partial charge is 0.243 e. The summed E-state index contributed by atoms with van der Waals surface area (Å²) in [6.07, 6.45) is 1.59. The van der Waals surface area contributed by atoms with Crippen LogP contribution in [0.15, 0.2) is 6.33 Å². The number of nitrogens with zero attached hydrogens (tertiary/aromatic N) is 1. The molecule has 6 nitrogen and oxygen atoms in total. The highest BCUT2D eigenvalue weighted by Gasteiger charge is 2.22. The Kier molecular flexibility index (Phi) is 4.88. The van der Waals surface area contributed by atoms with Crippen molar-refractivity contribution >= 4 is 11.8 Å². The van der Waals surface area contributed by atoms with Crippen LogP contribution in [0.3, 0.4) is 0 Å². The molecule has 0 bridgehead atoms. The number of carbonyl (C=O) groups is 2. The number of hydrogen-bond acceptors (Lipinski definition) is 3. The molecule has 2 amide bonds. The number of amides is 2. The molecule has 0 saturated carbocycles. The van der Waals surface area contributed by atoms with Crippen molar-refractivity contribution < 1.29 is 9.59 Å². The number of carbonyl (C=O) groups excluding carboxylic acids is 2. The van der Waals surface area contributed by atoms with E-state index >= 15 is 0 Å². The first-order chi connectivity index (χ1) is 8.41. The topological polar surface area (TPSA) is 86.9 Å². The molecule has 1 atom stereocenters. The minimum atomic E-state index is -0.512. The van der Waals surface area contributed by atoms with Crippen molar-refractivity contribution in [1.29, 1.82) is 0 Å². The molecule has 6 heteroatoms. The Morgan fingerprint density at radius 2 is 2.11 bits per heavy atom. The zero-order chi connectivity index (χ0) is 13.7. The molecule has 0 aromatic carbocycles. The lowest BCUT2D eigenvalue weighted by molar-refractivity contribution is -0.129. The minimum absolute atomic E-state index is 0.0363. The number of hydrogen-bond donors (Lipinski definition) is 3. The monoisotopic (exact) mass is 252 g/mol. The van der Waals surface area contributed by atoms with Gasteiger partial charge in [-0.1, -0.05) is 13.8 Å². The van der Waals surface area contributed by atoms with Crippen LogP contribution in [0.1, 0.15) is 32.2 Å². The van der Waals surface area contributed by atoms with Gasteiger partial charge in [0, 0.05) is 12.6 Å². The normalized spacial score (nSPS) is 12.3. The predicted octanol–water partition coefficient (Wildman–Crippen LogP) is 0.495. The highest BCUT2D eigenvalue weighted by molar-refractivity contribution is 5.86. The van der Waals surface area contributed by atoms with E-state index in [0.717, 1.165) is 11.4 Å². The van der Waals surface area contributed by atoms with Crippen LogP contribution in [0.5, 0.6) is 0 Å². The molecule has 0 spiro atoms. The van der Waals surface area contributed by atoms with Gasteiger partial charge in [-0.3, -0.25) is 9.59 Å². The summed E-state index contributed by atoms with van der Waals surface area (Å²) in [5.74, 6) is -0.364. The van der Waals surface area contributed by atoms with Gasteiger partial charge in [-0.25, -0.2) is 4.98 Å². The van der Waals surface area contributed by atoms with E-state index in [1.165, 1.54) is 6.92 Å². The maximum Gasteiger partial charge on any atom is 0.243 e.